The van der Waals surface area contributed by atoms with E-state index in [1.54, 1.807) is 0 Å². The molecule has 0 aromatic heterocycles. The first-order valence-electron chi connectivity index (χ1n) is 6.14. The Morgan fingerprint density at radius 1 is 1.12 bits per heavy atom. The maximum Gasteiger partial charge on any atom is 4.00 e. The van der Waals surface area contributed by atoms with Crippen molar-refractivity contribution in [2.24, 2.45) is 5.92 Å². The molecule has 0 radical (unpaired) electrons. The molecule has 0 amide bonds. The van der Waals surface area contributed by atoms with E-state index in [4.69, 9.17) is 0 Å². The largest absolute Gasteiger partial charge is 4.00 e. The van der Waals surface area contributed by atoms with Crippen molar-refractivity contribution in [3.63, 3.8) is 0 Å². The van der Waals surface area contributed by atoms with Gasteiger partial charge in [-0.15, -0.1) is 0 Å². The minimum Gasteiger partial charge on any atom is -0.358 e. The van der Waals surface area contributed by atoms with E-state index in [0.717, 1.165) is 12.3 Å². The maximum atomic E-state index is 4.27. The van der Waals surface area contributed by atoms with Crippen LogP contribution in [0.3, 0.4) is 0 Å². The van der Waals surface area contributed by atoms with Gasteiger partial charge in [0.25, 0.3) is 0 Å². The number of rotatable bonds is 3. The molecule has 0 atom stereocenters. The van der Waals surface area contributed by atoms with Gasteiger partial charge in [-0.25, -0.2) is 0 Å². The van der Waals surface area contributed by atoms with Gasteiger partial charge in [-0.05, 0) is 5.92 Å². The van der Waals surface area contributed by atoms with Crippen molar-refractivity contribution in [1.29, 1.82) is 0 Å². The molecule has 0 aromatic carbocycles. The average Bonchev–Trinajstić information content (AvgIpc) is 2.54. The Morgan fingerprint density at radius 3 is 1.71 bits per heavy atom. The van der Waals surface area contributed by atoms with Gasteiger partial charge in [0, 0.05) is 0 Å². The fourth-order valence-electron chi connectivity index (χ4n) is 2.00. The summed E-state index contributed by atoms with van der Waals surface area (Å²) in [6.07, 6.45) is 8.22. The van der Waals surface area contributed by atoms with Crippen LogP contribution in [0, 0.1) is 34.2 Å². The summed E-state index contributed by atoms with van der Waals surface area (Å²) in [6, 6.07) is 1.47. The summed E-state index contributed by atoms with van der Waals surface area (Å²) in [6.45, 7) is 14.8. The third-order valence-corrected chi connectivity index (χ3v) is 4.35. The fraction of sp³-hybridized carbons (Fsp3) is 0.733. The Bertz CT molecular complexity index is 121. The van der Waals surface area contributed by atoms with Gasteiger partial charge < -0.3 is 28.3 Å². The molecule has 0 aliphatic heterocycles. The average molecular weight is 421 g/mol. The molecule has 2 heteroatoms. The van der Waals surface area contributed by atoms with Crippen LogP contribution in [0.15, 0.2) is 0 Å². The van der Waals surface area contributed by atoms with Crippen LogP contribution < -0.4 is 0 Å². The molecule has 0 nitrogen and oxygen atoms in total. The first-order valence-corrected chi connectivity index (χ1v) is 9.55. The topological polar surface area (TPSA) is 0 Å². The fourth-order valence-corrected chi connectivity index (χ4v) is 3.97. The minimum absolute atomic E-state index is 0. The Kier molecular flexibility index (Phi) is 23.7. The van der Waals surface area contributed by atoms with E-state index in [1.807, 2.05) is 0 Å². The zero-order valence-electron chi connectivity index (χ0n) is 12.9. The second kappa shape index (κ2) is 15.1. The van der Waals surface area contributed by atoms with Gasteiger partial charge in [-0.3, -0.25) is 0 Å². The molecule has 1 rings (SSSR count). The van der Waals surface area contributed by atoms with Gasteiger partial charge in [0.05, 0.1) is 0 Å². The van der Waals surface area contributed by atoms with Crippen molar-refractivity contribution in [2.45, 2.75) is 64.6 Å². The Balaban J connectivity index is -0.000000108. The smallest absolute Gasteiger partial charge is 0.358 e. The van der Waals surface area contributed by atoms with E-state index in [9.17, 15) is 0 Å². The summed E-state index contributed by atoms with van der Waals surface area (Å²) >= 11 is 0. The molecule has 0 spiro atoms. The summed E-state index contributed by atoms with van der Waals surface area (Å²) in [5.74, 6) is 1.05. The van der Waals surface area contributed by atoms with Crippen LogP contribution in [0.25, 0.3) is 0 Å². The predicted octanol–water partition coefficient (Wildman–Crippen LogP) is 5.78. The molecule has 102 valence electrons. The number of hydrogen-bond donors (Lipinski definition) is 0. The van der Waals surface area contributed by atoms with Gasteiger partial charge >= 0.3 is 25.8 Å². The summed E-state index contributed by atoms with van der Waals surface area (Å²) in [5, 5.41) is 0. The summed E-state index contributed by atoms with van der Waals surface area (Å²) in [7, 11) is -0.972. The molecule has 0 heterocycles. The first-order chi connectivity index (χ1) is 6.49. The van der Waals surface area contributed by atoms with Crippen LogP contribution in [0.2, 0.25) is 19.1 Å². The third-order valence-electron chi connectivity index (χ3n) is 2.67. The molecule has 1 aliphatic rings. The Morgan fingerprint density at radius 2 is 1.47 bits per heavy atom. The molecule has 0 saturated heterocycles. The molecule has 0 unspecified atom stereocenters. The summed E-state index contributed by atoms with van der Waals surface area (Å²) < 4.78 is 0. The van der Waals surface area contributed by atoms with Gasteiger partial charge in [0.15, 0.2) is 0 Å². The normalized spacial score (nSPS) is 14.6. The van der Waals surface area contributed by atoms with Crippen molar-refractivity contribution >= 4 is 8.07 Å². The van der Waals surface area contributed by atoms with Crippen LogP contribution in [-0.2, 0) is 25.8 Å². The van der Waals surface area contributed by atoms with E-state index in [-0.39, 0.29) is 40.7 Å². The molecule has 1 aliphatic carbocycles. The van der Waals surface area contributed by atoms with Crippen LogP contribution in [0.5, 0.6) is 0 Å². The standard InChI is InChI=1S/C9H19Si.C4H9.2CH3.Hf/c1-10(2,3)8-9-6-4-5-7-9;1-3-4-2;;;/h9H,1,4-8H2,2-3H3;1,3-4H2,2H3;2*1H3;/q4*-1;+4. The van der Waals surface area contributed by atoms with Gasteiger partial charge in [0.2, 0.25) is 0 Å². The predicted molar refractivity (Wildman–Crippen MR) is 82.7 cm³/mol. The van der Waals surface area contributed by atoms with Gasteiger partial charge in [-0.1, -0.05) is 66.2 Å². The second-order valence-corrected chi connectivity index (χ2v) is 10.1. The molecular formula is C15H34HfSi. The molecule has 0 aromatic rings. The maximum absolute atomic E-state index is 4.27. The number of hydrogen-bond acceptors (Lipinski definition) is 0. The first kappa shape index (κ1) is 26.6. The quantitative estimate of drug-likeness (QED) is 0.401. The van der Waals surface area contributed by atoms with Crippen molar-refractivity contribution < 1.29 is 25.8 Å². The molecule has 1 saturated carbocycles. The molecular weight excluding hydrogens is 387 g/mol. The van der Waals surface area contributed by atoms with Gasteiger partial charge in [0.1, 0.15) is 0 Å². The Labute approximate surface area is 132 Å². The summed E-state index contributed by atoms with van der Waals surface area (Å²) in [5.41, 5.74) is 0. The number of unbranched alkanes of at least 4 members (excludes halogenated alkanes) is 1. The Hall–Kier alpha value is 1.09. The van der Waals surface area contributed by atoms with Crippen LogP contribution in [0.4, 0.5) is 0 Å². The van der Waals surface area contributed by atoms with E-state index in [0.29, 0.717) is 0 Å². The van der Waals surface area contributed by atoms with Crippen LogP contribution in [-0.4, -0.2) is 8.07 Å². The van der Waals surface area contributed by atoms with E-state index in [1.165, 1.54) is 38.1 Å². The zero-order valence-corrected chi connectivity index (χ0v) is 17.5. The van der Waals surface area contributed by atoms with Crippen molar-refractivity contribution in [3.8, 4) is 0 Å². The van der Waals surface area contributed by atoms with Crippen LogP contribution >= 0.6 is 0 Å². The van der Waals surface area contributed by atoms with Crippen molar-refractivity contribution in [1.82, 2.24) is 0 Å². The minimum atomic E-state index is -0.972. The molecule has 0 N–H and O–H groups in total. The summed E-state index contributed by atoms with van der Waals surface area (Å²) in [4.78, 5) is 0. The van der Waals surface area contributed by atoms with Crippen LogP contribution in [0.1, 0.15) is 45.4 Å². The monoisotopic (exact) mass is 422 g/mol. The van der Waals surface area contributed by atoms with E-state index < -0.39 is 8.07 Å². The second-order valence-electron chi connectivity index (χ2n) is 5.37. The molecule has 17 heavy (non-hydrogen) atoms. The molecule has 1 fully saturated rings. The van der Waals surface area contributed by atoms with Crippen molar-refractivity contribution in [2.75, 3.05) is 0 Å². The van der Waals surface area contributed by atoms with E-state index in [2.05, 4.69) is 33.5 Å². The van der Waals surface area contributed by atoms with Crippen molar-refractivity contribution in [3.05, 3.63) is 28.3 Å². The third kappa shape index (κ3) is 19.6. The molecule has 0 bridgehead atoms. The van der Waals surface area contributed by atoms with Gasteiger partial charge in [-0.2, -0.15) is 6.42 Å². The SMILES string of the molecule is [CH2-]CCC.[CH2-][Si](C)(C)CC1CCCC1.[CH3-].[CH3-].[Hf+4]. The van der Waals surface area contributed by atoms with E-state index >= 15 is 0 Å². The zero-order chi connectivity index (χ0) is 11.0.